The molecule has 0 aromatic heterocycles. The normalized spacial score (nSPS) is 22.4. The molecule has 1 rings (SSSR count). The minimum absolute atomic E-state index is 0.0903. The van der Waals surface area contributed by atoms with Gasteiger partial charge in [-0.3, -0.25) is 4.79 Å². The molecule has 1 saturated heterocycles. The summed E-state index contributed by atoms with van der Waals surface area (Å²) in [4.78, 5) is 12.8. The van der Waals surface area contributed by atoms with E-state index in [1.807, 2.05) is 0 Å². The van der Waals surface area contributed by atoms with E-state index < -0.39 is 13.0 Å². The number of rotatable bonds is 3. The van der Waals surface area contributed by atoms with Gasteiger partial charge in [0.1, 0.15) is 0 Å². The van der Waals surface area contributed by atoms with Gasteiger partial charge in [0.25, 0.3) is 6.43 Å². The summed E-state index contributed by atoms with van der Waals surface area (Å²) in [5.74, 6) is 0.828. The maximum absolute atomic E-state index is 12.0. The van der Waals surface area contributed by atoms with Crippen molar-refractivity contribution in [2.45, 2.75) is 30.9 Å². The average Bonchev–Trinajstić information content (AvgIpc) is 2.17. The Morgan fingerprint density at radius 1 is 1.57 bits per heavy atom. The highest BCUT2D eigenvalue weighted by Gasteiger charge is 2.25. The van der Waals surface area contributed by atoms with Gasteiger partial charge >= 0.3 is 0 Å². The first kappa shape index (κ1) is 11.8. The van der Waals surface area contributed by atoms with Gasteiger partial charge in [-0.2, -0.15) is 0 Å². The Kier molecular flexibility index (Phi) is 4.65. The predicted molar refractivity (Wildman–Crippen MR) is 53.7 cm³/mol. The fourth-order valence-corrected chi connectivity index (χ4v) is 2.79. The summed E-state index contributed by atoms with van der Waals surface area (Å²) in [6.45, 7) is -0.449. The monoisotopic (exact) mass is 223 g/mol. The van der Waals surface area contributed by atoms with Gasteiger partial charge < -0.3 is 4.90 Å². The fraction of sp³-hybridized carbons (Fsp3) is 0.889. The lowest BCUT2D eigenvalue weighted by molar-refractivity contribution is -0.131. The number of halogens is 2. The maximum atomic E-state index is 12.0. The Morgan fingerprint density at radius 3 is 2.79 bits per heavy atom. The summed E-state index contributed by atoms with van der Waals surface area (Å²) >= 11 is 1.59. The van der Waals surface area contributed by atoms with Gasteiger partial charge in [0, 0.05) is 7.05 Å². The first-order valence-corrected chi connectivity index (χ1v) is 5.81. The van der Waals surface area contributed by atoms with E-state index in [2.05, 4.69) is 0 Å². The maximum Gasteiger partial charge on any atom is 0.255 e. The number of carbonyl (C=O) groups is 1. The van der Waals surface area contributed by atoms with E-state index in [4.69, 9.17) is 0 Å². The highest BCUT2D eigenvalue weighted by Crippen LogP contribution is 2.26. The summed E-state index contributed by atoms with van der Waals surface area (Å²) in [6, 6.07) is 0. The fourth-order valence-electron chi connectivity index (χ4n) is 1.48. The first-order valence-electron chi connectivity index (χ1n) is 4.76. The van der Waals surface area contributed by atoms with Gasteiger partial charge in [-0.15, -0.1) is 11.8 Å². The molecule has 1 atom stereocenters. The van der Waals surface area contributed by atoms with Gasteiger partial charge in [-0.05, 0) is 18.6 Å². The standard InChI is InChI=1S/C9H15F2NOS/c1-12(6-8(10)11)9(13)7-4-2-3-5-14-7/h7-8H,2-6H2,1H3. The van der Waals surface area contributed by atoms with E-state index in [-0.39, 0.29) is 11.2 Å². The molecule has 1 aliphatic heterocycles. The molecule has 14 heavy (non-hydrogen) atoms. The van der Waals surface area contributed by atoms with Crippen LogP contribution in [0.15, 0.2) is 0 Å². The van der Waals surface area contributed by atoms with E-state index in [9.17, 15) is 13.6 Å². The van der Waals surface area contributed by atoms with Gasteiger partial charge in [0.2, 0.25) is 5.91 Å². The number of amides is 1. The zero-order valence-corrected chi connectivity index (χ0v) is 9.03. The van der Waals surface area contributed by atoms with Crippen LogP contribution in [0.1, 0.15) is 19.3 Å². The molecule has 1 heterocycles. The van der Waals surface area contributed by atoms with Crippen molar-refractivity contribution >= 4 is 17.7 Å². The Morgan fingerprint density at radius 2 is 2.29 bits per heavy atom. The first-order chi connectivity index (χ1) is 6.61. The molecule has 1 amide bonds. The van der Waals surface area contributed by atoms with Crippen LogP contribution < -0.4 is 0 Å². The number of thioether (sulfide) groups is 1. The second-order valence-corrected chi connectivity index (χ2v) is 4.78. The van der Waals surface area contributed by atoms with Crippen LogP contribution in [-0.2, 0) is 4.79 Å². The SMILES string of the molecule is CN(CC(F)F)C(=O)C1CCCCS1. The van der Waals surface area contributed by atoms with Gasteiger partial charge in [0.15, 0.2) is 0 Å². The molecule has 0 N–H and O–H groups in total. The zero-order chi connectivity index (χ0) is 10.6. The molecule has 2 nitrogen and oxygen atoms in total. The van der Waals surface area contributed by atoms with Crippen LogP contribution in [0.25, 0.3) is 0 Å². The van der Waals surface area contributed by atoms with Crippen molar-refractivity contribution in [3.05, 3.63) is 0 Å². The largest absolute Gasteiger partial charge is 0.339 e. The topological polar surface area (TPSA) is 20.3 Å². The van der Waals surface area contributed by atoms with Crippen LogP contribution in [0.2, 0.25) is 0 Å². The molecule has 0 aliphatic carbocycles. The highest BCUT2D eigenvalue weighted by atomic mass is 32.2. The smallest absolute Gasteiger partial charge is 0.255 e. The summed E-state index contributed by atoms with van der Waals surface area (Å²) in [7, 11) is 1.45. The Balaban J connectivity index is 2.38. The van der Waals surface area contributed by atoms with Gasteiger partial charge in [0.05, 0.1) is 11.8 Å². The minimum Gasteiger partial charge on any atom is -0.339 e. The molecule has 0 aromatic rings. The lowest BCUT2D eigenvalue weighted by Crippen LogP contribution is -2.38. The summed E-state index contributed by atoms with van der Waals surface area (Å²) in [6.07, 6.45) is 0.563. The molecule has 1 fully saturated rings. The number of carbonyl (C=O) groups excluding carboxylic acids is 1. The summed E-state index contributed by atoms with van der Waals surface area (Å²) in [5, 5.41) is -0.0903. The molecular formula is C9H15F2NOS. The molecule has 0 saturated carbocycles. The Labute approximate surface area is 87.0 Å². The van der Waals surface area contributed by atoms with E-state index in [0.717, 1.165) is 29.9 Å². The Hall–Kier alpha value is -0.320. The molecule has 5 heteroatoms. The molecule has 0 spiro atoms. The third-order valence-corrected chi connectivity index (χ3v) is 3.61. The summed E-state index contributed by atoms with van der Waals surface area (Å²) in [5.41, 5.74) is 0. The van der Waals surface area contributed by atoms with Crippen molar-refractivity contribution in [3.63, 3.8) is 0 Å². The molecule has 0 aromatic carbocycles. The van der Waals surface area contributed by atoms with Crippen LogP contribution >= 0.6 is 11.8 Å². The summed E-state index contributed by atoms with van der Waals surface area (Å²) < 4.78 is 24.0. The average molecular weight is 223 g/mol. The quantitative estimate of drug-likeness (QED) is 0.729. The second-order valence-electron chi connectivity index (χ2n) is 3.47. The molecule has 82 valence electrons. The van der Waals surface area contributed by atoms with Crippen LogP contribution in [0.5, 0.6) is 0 Å². The van der Waals surface area contributed by atoms with Crippen molar-refractivity contribution in [2.24, 2.45) is 0 Å². The molecular weight excluding hydrogens is 208 g/mol. The van der Waals surface area contributed by atoms with E-state index >= 15 is 0 Å². The third-order valence-electron chi connectivity index (χ3n) is 2.24. The molecule has 0 radical (unpaired) electrons. The molecule has 1 unspecified atom stereocenters. The van der Waals surface area contributed by atoms with Crippen molar-refractivity contribution in [1.29, 1.82) is 0 Å². The number of hydrogen-bond acceptors (Lipinski definition) is 2. The minimum atomic E-state index is -2.43. The zero-order valence-electron chi connectivity index (χ0n) is 8.21. The van der Waals surface area contributed by atoms with Crippen LogP contribution in [0.3, 0.4) is 0 Å². The molecule has 1 aliphatic rings. The lowest BCUT2D eigenvalue weighted by atomic mass is 10.2. The van der Waals surface area contributed by atoms with Gasteiger partial charge in [-0.25, -0.2) is 8.78 Å². The van der Waals surface area contributed by atoms with E-state index in [1.165, 1.54) is 7.05 Å². The van der Waals surface area contributed by atoms with Crippen molar-refractivity contribution < 1.29 is 13.6 Å². The van der Waals surface area contributed by atoms with Gasteiger partial charge in [-0.1, -0.05) is 6.42 Å². The van der Waals surface area contributed by atoms with Crippen LogP contribution in [0.4, 0.5) is 8.78 Å². The lowest BCUT2D eigenvalue weighted by Gasteiger charge is -2.25. The van der Waals surface area contributed by atoms with Crippen molar-refractivity contribution in [1.82, 2.24) is 4.90 Å². The number of nitrogens with zero attached hydrogens (tertiary/aromatic N) is 1. The Bertz CT molecular complexity index is 195. The van der Waals surface area contributed by atoms with Crippen molar-refractivity contribution in [2.75, 3.05) is 19.3 Å². The highest BCUT2D eigenvalue weighted by molar-refractivity contribution is 8.00. The van der Waals surface area contributed by atoms with Crippen molar-refractivity contribution in [3.8, 4) is 0 Å². The second kappa shape index (κ2) is 5.53. The third kappa shape index (κ3) is 3.44. The number of hydrogen-bond donors (Lipinski definition) is 0. The number of alkyl halides is 2. The van der Waals surface area contributed by atoms with E-state index in [1.54, 1.807) is 11.8 Å². The van der Waals surface area contributed by atoms with E-state index in [0.29, 0.717) is 0 Å². The predicted octanol–water partition coefficient (Wildman–Crippen LogP) is 2.00. The van der Waals surface area contributed by atoms with Crippen LogP contribution in [-0.4, -0.2) is 41.8 Å². The molecule has 0 bridgehead atoms. The van der Waals surface area contributed by atoms with Crippen LogP contribution in [0, 0.1) is 0 Å².